The van der Waals surface area contributed by atoms with Gasteiger partial charge in [0.05, 0.1) is 10.6 Å². The molecule has 0 aliphatic carbocycles. The second-order valence-electron chi connectivity index (χ2n) is 5.87. The quantitative estimate of drug-likeness (QED) is 0.506. The molecule has 5 nitrogen and oxygen atoms in total. The summed E-state index contributed by atoms with van der Waals surface area (Å²) < 4.78 is 40.9. The van der Waals surface area contributed by atoms with Gasteiger partial charge in [0.1, 0.15) is 12.4 Å². The van der Waals surface area contributed by atoms with Crippen LogP contribution in [0.25, 0.3) is 0 Å². The van der Waals surface area contributed by atoms with Crippen molar-refractivity contribution in [1.82, 2.24) is 5.32 Å². The van der Waals surface area contributed by atoms with Gasteiger partial charge in [0.25, 0.3) is 10.0 Å². The van der Waals surface area contributed by atoms with Crippen molar-refractivity contribution in [3.05, 3.63) is 54.3 Å². The number of nitrogens with one attached hydrogen (secondary N) is 1. The number of amides is 1. The van der Waals surface area contributed by atoms with Crippen LogP contribution in [0.2, 0.25) is 0 Å². The first-order chi connectivity index (χ1) is 12.9. The van der Waals surface area contributed by atoms with E-state index in [1.54, 1.807) is 12.1 Å². The molecular formula is C19H23FN2O3S2. The highest BCUT2D eigenvalue weighted by Crippen LogP contribution is 2.25. The largest absolute Gasteiger partial charge is 0.355 e. The molecule has 0 aromatic heterocycles. The number of carbonyl (C=O) groups excluding carboxylic acids is 1. The van der Waals surface area contributed by atoms with E-state index in [1.165, 1.54) is 42.1 Å². The smallest absolute Gasteiger partial charge is 0.264 e. The molecule has 27 heavy (non-hydrogen) atoms. The zero-order chi connectivity index (χ0) is 19.9. The highest BCUT2D eigenvalue weighted by atomic mass is 32.2. The number of unbranched alkanes of at least 4 members (excludes halogenated alkanes) is 1. The lowest BCUT2D eigenvalue weighted by Crippen LogP contribution is -2.41. The van der Waals surface area contributed by atoms with Crippen molar-refractivity contribution in [2.75, 3.05) is 23.7 Å². The number of benzene rings is 2. The fourth-order valence-corrected chi connectivity index (χ4v) is 4.23. The minimum absolute atomic E-state index is 0.0471. The molecule has 2 aromatic carbocycles. The number of thioether (sulfide) groups is 1. The zero-order valence-corrected chi connectivity index (χ0v) is 16.9. The monoisotopic (exact) mass is 410 g/mol. The Labute approximate surface area is 164 Å². The van der Waals surface area contributed by atoms with Gasteiger partial charge in [-0.25, -0.2) is 12.8 Å². The lowest BCUT2D eigenvalue weighted by Gasteiger charge is -2.24. The molecule has 2 rings (SSSR count). The maximum atomic E-state index is 13.7. The van der Waals surface area contributed by atoms with Crippen molar-refractivity contribution in [2.24, 2.45) is 0 Å². The first-order valence-corrected chi connectivity index (χ1v) is 11.2. The van der Waals surface area contributed by atoms with Crippen LogP contribution in [0.3, 0.4) is 0 Å². The van der Waals surface area contributed by atoms with E-state index in [4.69, 9.17) is 0 Å². The van der Waals surface area contributed by atoms with Crippen LogP contribution in [-0.2, 0) is 14.8 Å². The molecule has 0 bridgehead atoms. The number of anilines is 1. The van der Waals surface area contributed by atoms with Crippen LogP contribution in [0.1, 0.15) is 19.8 Å². The van der Waals surface area contributed by atoms with E-state index < -0.39 is 28.3 Å². The van der Waals surface area contributed by atoms with E-state index >= 15 is 0 Å². The topological polar surface area (TPSA) is 66.5 Å². The Morgan fingerprint density at radius 2 is 1.89 bits per heavy atom. The maximum absolute atomic E-state index is 13.7. The second-order valence-corrected chi connectivity index (χ2v) is 8.61. The van der Waals surface area contributed by atoms with Crippen LogP contribution in [-0.4, -0.2) is 33.7 Å². The van der Waals surface area contributed by atoms with Crippen LogP contribution in [0.5, 0.6) is 0 Å². The fraction of sp³-hybridized carbons (Fsp3) is 0.316. The third kappa shape index (κ3) is 5.71. The Morgan fingerprint density at radius 3 is 2.48 bits per heavy atom. The predicted molar refractivity (Wildman–Crippen MR) is 107 cm³/mol. The summed E-state index contributed by atoms with van der Waals surface area (Å²) in [7, 11) is -4.02. The molecule has 2 aromatic rings. The molecule has 1 N–H and O–H groups in total. The highest BCUT2D eigenvalue weighted by Gasteiger charge is 2.27. The molecule has 0 saturated heterocycles. The van der Waals surface area contributed by atoms with Gasteiger partial charge in [-0.05, 0) is 55.1 Å². The van der Waals surface area contributed by atoms with E-state index in [1.807, 2.05) is 13.2 Å². The van der Waals surface area contributed by atoms with Crippen molar-refractivity contribution in [3.8, 4) is 0 Å². The van der Waals surface area contributed by atoms with Crippen molar-refractivity contribution >= 4 is 33.4 Å². The first-order valence-electron chi connectivity index (χ1n) is 8.57. The third-order valence-corrected chi connectivity index (χ3v) is 6.41. The molecule has 0 aliphatic heterocycles. The van der Waals surface area contributed by atoms with Gasteiger partial charge < -0.3 is 5.32 Å². The lowest BCUT2D eigenvalue weighted by atomic mass is 10.3. The van der Waals surface area contributed by atoms with Gasteiger partial charge in [0.15, 0.2) is 0 Å². The average molecular weight is 411 g/mol. The number of sulfonamides is 1. The molecule has 1 amide bonds. The van der Waals surface area contributed by atoms with Crippen LogP contribution in [0.4, 0.5) is 10.1 Å². The summed E-state index contributed by atoms with van der Waals surface area (Å²) in [5.74, 6) is -1.01. The van der Waals surface area contributed by atoms with Crippen LogP contribution >= 0.6 is 11.8 Å². The molecule has 0 heterocycles. The lowest BCUT2D eigenvalue weighted by molar-refractivity contribution is -0.119. The van der Waals surface area contributed by atoms with Gasteiger partial charge in [0.2, 0.25) is 5.91 Å². The third-order valence-electron chi connectivity index (χ3n) is 3.88. The standard InChI is InChI=1S/C19H23FN2O3S2/c1-3-4-12-21-19(23)14-22(16-7-5-6-15(20)13-16)27(24,25)18-10-8-17(26-2)9-11-18/h5-11,13H,3-4,12,14H2,1-2H3,(H,21,23). The Hall–Kier alpha value is -2.06. The van der Waals surface area contributed by atoms with Gasteiger partial charge in [-0.15, -0.1) is 11.8 Å². The van der Waals surface area contributed by atoms with Crippen molar-refractivity contribution in [3.63, 3.8) is 0 Å². The molecule has 0 radical (unpaired) electrons. The average Bonchev–Trinajstić information content (AvgIpc) is 2.66. The van der Waals surface area contributed by atoms with Crippen LogP contribution in [0, 0.1) is 5.82 Å². The maximum Gasteiger partial charge on any atom is 0.264 e. The summed E-state index contributed by atoms with van der Waals surface area (Å²) in [5.41, 5.74) is 0.106. The van der Waals surface area contributed by atoms with E-state index in [2.05, 4.69) is 5.32 Å². The van der Waals surface area contributed by atoms with Gasteiger partial charge >= 0.3 is 0 Å². The van der Waals surface area contributed by atoms with Gasteiger partial charge in [-0.2, -0.15) is 0 Å². The van der Waals surface area contributed by atoms with E-state index in [0.29, 0.717) is 6.54 Å². The fourth-order valence-electron chi connectivity index (χ4n) is 2.41. The Kier molecular flexibility index (Phi) is 7.67. The van der Waals surface area contributed by atoms with Gasteiger partial charge in [-0.1, -0.05) is 19.4 Å². The molecule has 0 atom stereocenters. The van der Waals surface area contributed by atoms with Gasteiger partial charge in [0, 0.05) is 11.4 Å². The normalized spacial score (nSPS) is 11.2. The number of rotatable bonds is 9. The summed E-state index contributed by atoms with van der Waals surface area (Å²) in [6.45, 7) is 2.04. The zero-order valence-electron chi connectivity index (χ0n) is 15.3. The Bertz CT molecular complexity index is 871. The number of halogens is 1. The summed E-state index contributed by atoms with van der Waals surface area (Å²) in [6, 6.07) is 11.6. The molecule has 146 valence electrons. The number of carbonyl (C=O) groups is 1. The van der Waals surface area contributed by atoms with Crippen molar-refractivity contribution < 1.29 is 17.6 Å². The van der Waals surface area contributed by atoms with Crippen molar-refractivity contribution in [2.45, 2.75) is 29.6 Å². The van der Waals surface area contributed by atoms with Crippen LogP contribution < -0.4 is 9.62 Å². The molecule has 0 spiro atoms. The Morgan fingerprint density at radius 1 is 1.19 bits per heavy atom. The summed E-state index contributed by atoms with van der Waals surface area (Å²) in [6.07, 6.45) is 3.60. The molecule has 0 unspecified atom stereocenters. The van der Waals surface area contributed by atoms with Crippen LogP contribution in [0.15, 0.2) is 58.3 Å². The SMILES string of the molecule is CCCCNC(=O)CN(c1cccc(F)c1)S(=O)(=O)c1ccc(SC)cc1. The summed E-state index contributed by atoms with van der Waals surface area (Å²) in [4.78, 5) is 13.2. The number of hydrogen-bond donors (Lipinski definition) is 1. The first kappa shape index (κ1) is 21.2. The molecular weight excluding hydrogens is 387 g/mol. The molecule has 8 heteroatoms. The number of hydrogen-bond acceptors (Lipinski definition) is 4. The molecule has 0 aliphatic rings. The number of nitrogens with zero attached hydrogens (tertiary/aromatic N) is 1. The van der Waals surface area contributed by atoms with E-state index in [0.717, 1.165) is 28.1 Å². The summed E-state index contributed by atoms with van der Waals surface area (Å²) >= 11 is 1.49. The molecule has 0 saturated carbocycles. The van der Waals surface area contributed by atoms with E-state index in [-0.39, 0.29) is 10.6 Å². The predicted octanol–water partition coefficient (Wildman–Crippen LogP) is 3.66. The highest BCUT2D eigenvalue weighted by molar-refractivity contribution is 7.98. The minimum atomic E-state index is -4.02. The minimum Gasteiger partial charge on any atom is -0.355 e. The van der Waals surface area contributed by atoms with Crippen molar-refractivity contribution in [1.29, 1.82) is 0 Å². The summed E-state index contributed by atoms with van der Waals surface area (Å²) in [5, 5.41) is 2.70. The van der Waals surface area contributed by atoms with Gasteiger partial charge in [-0.3, -0.25) is 9.10 Å². The second kappa shape index (κ2) is 9.75. The Balaban J connectivity index is 2.36. The molecule has 0 fully saturated rings. The van der Waals surface area contributed by atoms with E-state index in [9.17, 15) is 17.6 Å².